The number of carbonyl (C=O) groups excluding carboxylic acids is 4. The van der Waals surface area contributed by atoms with Gasteiger partial charge in [0.25, 0.3) is 0 Å². The lowest BCUT2D eigenvalue weighted by Crippen LogP contribution is -2.53. The van der Waals surface area contributed by atoms with Crippen LogP contribution in [0.4, 0.5) is 11.4 Å². The summed E-state index contributed by atoms with van der Waals surface area (Å²) >= 11 is 6.36. The molecule has 0 aromatic heterocycles. The zero-order valence-corrected chi connectivity index (χ0v) is 22.1. The number of hydrogen-bond acceptors (Lipinski definition) is 6. The summed E-state index contributed by atoms with van der Waals surface area (Å²) in [6, 6.07) is 18.8. The molecule has 0 unspecified atom stereocenters. The Labute approximate surface area is 230 Å². The van der Waals surface area contributed by atoms with Gasteiger partial charge in [0.2, 0.25) is 17.7 Å². The van der Waals surface area contributed by atoms with Gasteiger partial charge in [-0.1, -0.05) is 48.0 Å². The minimum absolute atomic E-state index is 0.235. The highest BCUT2D eigenvalue weighted by Crippen LogP contribution is 2.55. The molecule has 2 saturated heterocycles. The van der Waals surface area contributed by atoms with Gasteiger partial charge in [0.05, 0.1) is 35.4 Å². The van der Waals surface area contributed by atoms with Crippen molar-refractivity contribution in [1.29, 1.82) is 0 Å². The molecule has 3 heterocycles. The van der Waals surface area contributed by atoms with E-state index in [2.05, 4.69) is 10.6 Å². The first-order chi connectivity index (χ1) is 18.8. The molecular formula is C30H26ClN3O5. The van der Waals surface area contributed by atoms with Gasteiger partial charge in [0.15, 0.2) is 0 Å². The van der Waals surface area contributed by atoms with Crippen molar-refractivity contribution in [2.45, 2.75) is 31.8 Å². The van der Waals surface area contributed by atoms with Gasteiger partial charge < -0.3 is 10.1 Å². The Kier molecular flexibility index (Phi) is 6.04. The third-order valence-corrected chi connectivity index (χ3v) is 8.43. The number of hydrogen-bond donors (Lipinski definition) is 2. The number of imide groups is 1. The van der Waals surface area contributed by atoms with Crippen molar-refractivity contribution in [2.75, 3.05) is 16.8 Å². The van der Waals surface area contributed by atoms with Crippen molar-refractivity contribution in [1.82, 2.24) is 5.32 Å². The predicted molar refractivity (Wildman–Crippen MR) is 145 cm³/mol. The minimum Gasteiger partial charge on any atom is -0.462 e. The fourth-order valence-electron chi connectivity index (χ4n) is 6.25. The normalized spacial score (nSPS) is 25.2. The van der Waals surface area contributed by atoms with E-state index in [-0.39, 0.29) is 18.4 Å². The molecule has 6 rings (SSSR count). The molecule has 3 aromatic rings. The predicted octanol–water partition coefficient (Wildman–Crippen LogP) is 3.99. The quantitative estimate of drug-likeness (QED) is 0.372. The number of nitrogens with zero attached hydrogens (tertiary/aromatic N) is 1. The molecule has 0 saturated carbocycles. The van der Waals surface area contributed by atoms with Gasteiger partial charge in [-0.15, -0.1) is 0 Å². The molecule has 2 fully saturated rings. The maximum absolute atomic E-state index is 14.2. The van der Waals surface area contributed by atoms with Crippen molar-refractivity contribution in [3.8, 4) is 0 Å². The Morgan fingerprint density at radius 3 is 2.41 bits per heavy atom. The van der Waals surface area contributed by atoms with Gasteiger partial charge in [-0.25, -0.2) is 9.69 Å². The highest BCUT2D eigenvalue weighted by Gasteiger charge is 2.70. The first-order valence-electron chi connectivity index (χ1n) is 12.9. The molecule has 4 atom stereocenters. The Balaban J connectivity index is 1.45. The summed E-state index contributed by atoms with van der Waals surface area (Å²) in [4.78, 5) is 55.2. The van der Waals surface area contributed by atoms with Crippen molar-refractivity contribution in [3.05, 3.63) is 94.0 Å². The standard InChI is InChI=1S/C30H26ClN3O5/c1-3-39-28(37)18-9-11-19(12-10-18)34-26(35)23-22(15-17-7-5-4-6-8-17)33-30(24(23)27(34)36)20-13-14-21(31)16(2)25(20)32-29(30)38/h4-14,22-24,33H,3,15H2,1-2H3,(H,32,38)/t22-,23+,24-,30-/m0/s1. The van der Waals surface area contributed by atoms with Crippen LogP contribution in [0.2, 0.25) is 5.02 Å². The molecule has 0 aliphatic carbocycles. The van der Waals surface area contributed by atoms with Crippen molar-refractivity contribution in [3.63, 3.8) is 0 Å². The lowest BCUT2D eigenvalue weighted by molar-refractivity contribution is -0.130. The molecule has 9 heteroatoms. The summed E-state index contributed by atoms with van der Waals surface area (Å²) in [6.07, 6.45) is 0.452. The van der Waals surface area contributed by atoms with Crippen molar-refractivity contribution < 1.29 is 23.9 Å². The number of anilines is 2. The number of nitrogens with one attached hydrogen (secondary N) is 2. The summed E-state index contributed by atoms with van der Waals surface area (Å²) in [5, 5.41) is 6.89. The first-order valence-corrected chi connectivity index (χ1v) is 13.2. The van der Waals surface area contributed by atoms with Gasteiger partial charge in [0.1, 0.15) is 5.54 Å². The van der Waals surface area contributed by atoms with E-state index in [0.29, 0.717) is 39.5 Å². The topological polar surface area (TPSA) is 105 Å². The van der Waals surface area contributed by atoms with Gasteiger partial charge in [-0.3, -0.25) is 19.7 Å². The van der Waals surface area contributed by atoms with Crippen molar-refractivity contribution >= 4 is 46.7 Å². The molecule has 3 amide bonds. The first kappa shape index (κ1) is 25.3. The van der Waals surface area contributed by atoms with E-state index in [1.54, 1.807) is 31.2 Å². The number of benzene rings is 3. The number of amides is 3. The molecule has 1 spiro atoms. The van der Waals surface area contributed by atoms with Gasteiger partial charge in [0, 0.05) is 16.6 Å². The second kappa shape index (κ2) is 9.32. The highest BCUT2D eigenvalue weighted by atomic mass is 35.5. The second-order valence-corrected chi connectivity index (χ2v) is 10.5. The van der Waals surface area contributed by atoms with Crippen LogP contribution in [0.5, 0.6) is 0 Å². The van der Waals surface area contributed by atoms with Crippen LogP contribution >= 0.6 is 11.6 Å². The van der Waals surface area contributed by atoms with Gasteiger partial charge >= 0.3 is 5.97 Å². The molecule has 2 N–H and O–H groups in total. The fraction of sp³-hybridized carbons (Fsp3) is 0.267. The zero-order chi connectivity index (χ0) is 27.5. The van der Waals surface area contributed by atoms with E-state index in [1.165, 1.54) is 12.1 Å². The molecule has 3 aliphatic heterocycles. The molecule has 3 aromatic carbocycles. The third-order valence-electron chi connectivity index (χ3n) is 8.02. The van der Waals surface area contributed by atoms with Crippen LogP contribution in [0.3, 0.4) is 0 Å². The summed E-state index contributed by atoms with van der Waals surface area (Å²) < 4.78 is 5.04. The van der Waals surface area contributed by atoms with Crippen LogP contribution in [0.25, 0.3) is 0 Å². The molecule has 0 bridgehead atoms. The Hall–Kier alpha value is -4.01. The van der Waals surface area contributed by atoms with Crippen LogP contribution in [0.1, 0.15) is 34.0 Å². The van der Waals surface area contributed by atoms with Crippen LogP contribution in [0.15, 0.2) is 66.7 Å². The third kappa shape index (κ3) is 3.70. The number of carbonyl (C=O) groups is 4. The largest absolute Gasteiger partial charge is 0.462 e. The maximum Gasteiger partial charge on any atom is 0.338 e. The summed E-state index contributed by atoms with van der Waals surface area (Å²) in [5.41, 5.74) is 2.09. The molecule has 39 heavy (non-hydrogen) atoms. The average Bonchev–Trinajstić information content (AvgIpc) is 3.51. The van der Waals surface area contributed by atoms with Gasteiger partial charge in [-0.2, -0.15) is 0 Å². The number of halogens is 1. The lowest BCUT2D eigenvalue weighted by atomic mass is 9.76. The SMILES string of the molecule is CCOC(=O)c1ccc(N2C(=O)[C@@H]3[C@H](Cc4ccccc4)N[C@]4(C(=O)Nc5c4ccc(Cl)c5C)[C@@H]3C2=O)cc1. The molecular weight excluding hydrogens is 518 g/mol. The van der Waals surface area contributed by atoms with Crippen LogP contribution in [-0.2, 0) is 31.1 Å². The Morgan fingerprint density at radius 1 is 1.00 bits per heavy atom. The number of esters is 1. The molecule has 0 radical (unpaired) electrons. The van der Waals surface area contributed by atoms with E-state index in [0.717, 1.165) is 10.5 Å². The zero-order valence-electron chi connectivity index (χ0n) is 21.4. The lowest BCUT2D eigenvalue weighted by Gasteiger charge is -2.29. The van der Waals surface area contributed by atoms with E-state index in [1.807, 2.05) is 37.3 Å². The number of fused-ring (bicyclic) bond motifs is 4. The Bertz CT molecular complexity index is 1520. The number of rotatable bonds is 5. The number of ether oxygens (including phenoxy) is 1. The van der Waals surface area contributed by atoms with Crippen LogP contribution in [-0.4, -0.2) is 36.3 Å². The molecule has 3 aliphatic rings. The van der Waals surface area contributed by atoms with E-state index in [4.69, 9.17) is 16.3 Å². The smallest absolute Gasteiger partial charge is 0.338 e. The maximum atomic E-state index is 14.2. The average molecular weight is 544 g/mol. The van der Waals surface area contributed by atoms with Crippen LogP contribution in [0, 0.1) is 18.8 Å². The summed E-state index contributed by atoms with van der Waals surface area (Å²) in [6.45, 7) is 3.77. The fourth-order valence-corrected chi connectivity index (χ4v) is 6.41. The minimum atomic E-state index is -1.43. The monoisotopic (exact) mass is 543 g/mol. The second-order valence-electron chi connectivity index (χ2n) is 10.1. The van der Waals surface area contributed by atoms with E-state index in [9.17, 15) is 19.2 Å². The summed E-state index contributed by atoms with van der Waals surface area (Å²) in [5.74, 6) is -3.47. The van der Waals surface area contributed by atoms with Crippen LogP contribution < -0.4 is 15.5 Å². The Morgan fingerprint density at radius 2 is 1.72 bits per heavy atom. The molecule has 8 nitrogen and oxygen atoms in total. The van der Waals surface area contributed by atoms with Crippen molar-refractivity contribution in [2.24, 2.45) is 11.8 Å². The van der Waals surface area contributed by atoms with Gasteiger partial charge in [-0.05, 0) is 61.7 Å². The highest BCUT2D eigenvalue weighted by molar-refractivity contribution is 6.32. The molecule has 198 valence electrons. The van der Waals surface area contributed by atoms with E-state index >= 15 is 0 Å². The van der Waals surface area contributed by atoms with E-state index < -0.39 is 35.3 Å². The summed E-state index contributed by atoms with van der Waals surface area (Å²) in [7, 11) is 0.